The van der Waals surface area contributed by atoms with Crippen LogP contribution in [-0.4, -0.2) is 30.1 Å². The fraction of sp³-hybridized carbons (Fsp3) is 0.600. The summed E-state index contributed by atoms with van der Waals surface area (Å²) in [6.07, 6.45) is 5.37. The molecule has 0 spiro atoms. The summed E-state index contributed by atoms with van der Waals surface area (Å²) in [6, 6.07) is 7.36. The molecule has 1 aromatic carbocycles. The molecule has 2 bridgehead atoms. The Bertz CT molecular complexity index is 432. The van der Waals surface area contributed by atoms with E-state index in [4.69, 9.17) is 10.5 Å². The van der Waals surface area contributed by atoms with Gasteiger partial charge in [0.05, 0.1) is 0 Å². The zero-order valence-electron chi connectivity index (χ0n) is 11.2. The number of nitrogens with two attached hydrogens (primary N) is 1. The van der Waals surface area contributed by atoms with Crippen LogP contribution in [0.4, 0.5) is 5.69 Å². The number of nitrogen functional groups attached to an aromatic ring is 1. The van der Waals surface area contributed by atoms with Gasteiger partial charge in [-0.3, -0.25) is 0 Å². The molecule has 0 aromatic heterocycles. The number of nitrogens with zero attached hydrogens (tertiary/aromatic N) is 1. The molecular weight excluding hydrogens is 224 g/mol. The lowest BCUT2D eigenvalue weighted by atomic mass is 10.0. The summed E-state index contributed by atoms with van der Waals surface area (Å²) in [5.74, 6) is 0.998. The van der Waals surface area contributed by atoms with Gasteiger partial charge >= 0.3 is 0 Å². The van der Waals surface area contributed by atoms with Crippen LogP contribution in [0.5, 0.6) is 5.75 Å². The standard InChI is InChI=1S/C15H22N2O/c1-10-7-11(16)3-6-15(10)18-14-8-12-4-5-13(9-14)17(12)2/h3,6-7,12-14H,4-5,8-9,16H2,1-2H3. The number of ether oxygens (including phenoxy) is 1. The summed E-state index contributed by atoms with van der Waals surface area (Å²) in [5, 5.41) is 0. The fourth-order valence-corrected chi connectivity index (χ4v) is 3.44. The maximum Gasteiger partial charge on any atom is 0.122 e. The van der Waals surface area contributed by atoms with Crippen molar-refractivity contribution in [3.8, 4) is 5.75 Å². The van der Waals surface area contributed by atoms with E-state index in [0.717, 1.165) is 41.9 Å². The Hall–Kier alpha value is -1.22. The van der Waals surface area contributed by atoms with Crippen molar-refractivity contribution in [1.29, 1.82) is 0 Å². The van der Waals surface area contributed by atoms with Crippen molar-refractivity contribution < 1.29 is 4.74 Å². The van der Waals surface area contributed by atoms with E-state index in [9.17, 15) is 0 Å². The summed E-state index contributed by atoms with van der Waals surface area (Å²) < 4.78 is 6.19. The summed E-state index contributed by atoms with van der Waals surface area (Å²) in [5.41, 5.74) is 7.72. The molecule has 2 unspecified atom stereocenters. The van der Waals surface area contributed by atoms with Gasteiger partial charge in [0.1, 0.15) is 11.9 Å². The Kier molecular flexibility index (Phi) is 2.94. The molecule has 3 heteroatoms. The highest BCUT2D eigenvalue weighted by molar-refractivity contribution is 5.47. The fourth-order valence-electron chi connectivity index (χ4n) is 3.44. The number of fused-ring (bicyclic) bond motifs is 2. The Labute approximate surface area is 109 Å². The molecule has 98 valence electrons. The first-order valence-corrected chi connectivity index (χ1v) is 6.88. The zero-order valence-corrected chi connectivity index (χ0v) is 11.2. The molecule has 18 heavy (non-hydrogen) atoms. The van der Waals surface area contributed by atoms with Gasteiger partial charge in [-0.2, -0.15) is 0 Å². The van der Waals surface area contributed by atoms with Gasteiger partial charge in [-0.25, -0.2) is 0 Å². The van der Waals surface area contributed by atoms with E-state index in [-0.39, 0.29) is 0 Å². The molecule has 0 aliphatic carbocycles. The SMILES string of the molecule is Cc1cc(N)ccc1OC1CC2CCC(C1)N2C. The highest BCUT2D eigenvalue weighted by atomic mass is 16.5. The van der Waals surface area contributed by atoms with Gasteiger partial charge in [-0.1, -0.05) is 0 Å². The van der Waals surface area contributed by atoms with Crippen molar-refractivity contribution in [3.63, 3.8) is 0 Å². The van der Waals surface area contributed by atoms with E-state index in [2.05, 4.69) is 18.9 Å². The third kappa shape index (κ3) is 2.07. The molecule has 3 rings (SSSR count). The molecule has 2 aliphatic heterocycles. The lowest BCUT2D eigenvalue weighted by Gasteiger charge is -2.36. The number of hydrogen-bond acceptors (Lipinski definition) is 3. The number of piperidine rings is 1. The Morgan fingerprint density at radius 2 is 1.89 bits per heavy atom. The highest BCUT2D eigenvalue weighted by Crippen LogP contribution is 2.36. The third-order valence-corrected chi connectivity index (χ3v) is 4.55. The highest BCUT2D eigenvalue weighted by Gasteiger charge is 2.39. The van der Waals surface area contributed by atoms with E-state index in [1.54, 1.807) is 0 Å². The molecule has 2 saturated heterocycles. The van der Waals surface area contributed by atoms with Gasteiger partial charge in [0.2, 0.25) is 0 Å². The number of hydrogen-bond donors (Lipinski definition) is 1. The van der Waals surface area contributed by atoms with E-state index in [0.29, 0.717) is 6.10 Å². The number of aryl methyl sites for hydroxylation is 1. The first-order valence-electron chi connectivity index (χ1n) is 6.88. The van der Waals surface area contributed by atoms with Crippen LogP contribution in [0.2, 0.25) is 0 Å². The minimum absolute atomic E-state index is 0.376. The van der Waals surface area contributed by atoms with Crippen LogP contribution < -0.4 is 10.5 Å². The van der Waals surface area contributed by atoms with Gasteiger partial charge < -0.3 is 15.4 Å². The first kappa shape index (κ1) is 11.8. The summed E-state index contributed by atoms with van der Waals surface area (Å²) in [7, 11) is 2.26. The van der Waals surface area contributed by atoms with Crippen molar-refractivity contribution >= 4 is 5.69 Å². The molecule has 0 radical (unpaired) electrons. The second-order valence-corrected chi connectivity index (χ2v) is 5.79. The third-order valence-electron chi connectivity index (χ3n) is 4.55. The largest absolute Gasteiger partial charge is 0.490 e. The maximum absolute atomic E-state index is 6.19. The van der Waals surface area contributed by atoms with Crippen LogP contribution in [0.15, 0.2) is 18.2 Å². The van der Waals surface area contributed by atoms with Gasteiger partial charge in [0.15, 0.2) is 0 Å². The minimum atomic E-state index is 0.376. The molecular formula is C15H22N2O. The van der Waals surface area contributed by atoms with Crippen molar-refractivity contribution in [3.05, 3.63) is 23.8 Å². The quantitative estimate of drug-likeness (QED) is 0.815. The van der Waals surface area contributed by atoms with Crippen molar-refractivity contribution in [1.82, 2.24) is 4.90 Å². The van der Waals surface area contributed by atoms with Crippen molar-refractivity contribution in [2.75, 3.05) is 12.8 Å². The molecule has 2 atom stereocenters. The Balaban J connectivity index is 1.70. The molecule has 3 nitrogen and oxygen atoms in total. The number of benzene rings is 1. The summed E-state index contributed by atoms with van der Waals surface area (Å²) >= 11 is 0. The number of rotatable bonds is 2. The Morgan fingerprint density at radius 1 is 1.22 bits per heavy atom. The molecule has 2 aliphatic rings. The molecule has 0 saturated carbocycles. The van der Waals surface area contributed by atoms with Crippen LogP contribution in [-0.2, 0) is 0 Å². The molecule has 2 heterocycles. The van der Waals surface area contributed by atoms with Crippen LogP contribution in [0, 0.1) is 6.92 Å². The van der Waals surface area contributed by atoms with Gasteiger partial charge in [-0.15, -0.1) is 0 Å². The minimum Gasteiger partial charge on any atom is -0.490 e. The predicted octanol–water partition coefficient (Wildman–Crippen LogP) is 2.58. The monoisotopic (exact) mass is 246 g/mol. The van der Waals surface area contributed by atoms with Crippen molar-refractivity contribution in [2.24, 2.45) is 0 Å². The van der Waals surface area contributed by atoms with Gasteiger partial charge in [0.25, 0.3) is 0 Å². The Morgan fingerprint density at radius 3 is 2.50 bits per heavy atom. The topological polar surface area (TPSA) is 38.5 Å². The summed E-state index contributed by atoms with van der Waals surface area (Å²) in [6.45, 7) is 2.06. The van der Waals surface area contributed by atoms with E-state index in [1.807, 2.05) is 18.2 Å². The lowest BCUT2D eigenvalue weighted by Crippen LogP contribution is -2.43. The zero-order chi connectivity index (χ0) is 12.7. The smallest absolute Gasteiger partial charge is 0.122 e. The second-order valence-electron chi connectivity index (χ2n) is 5.79. The molecule has 2 N–H and O–H groups in total. The van der Waals surface area contributed by atoms with Crippen LogP contribution >= 0.6 is 0 Å². The van der Waals surface area contributed by atoms with E-state index < -0.39 is 0 Å². The van der Waals surface area contributed by atoms with Crippen molar-refractivity contribution in [2.45, 2.75) is 50.8 Å². The average Bonchev–Trinajstić information content (AvgIpc) is 2.57. The van der Waals surface area contributed by atoms with Crippen LogP contribution in [0.1, 0.15) is 31.2 Å². The predicted molar refractivity (Wildman–Crippen MR) is 73.8 cm³/mol. The van der Waals surface area contributed by atoms with E-state index in [1.165, 1.54) is 12.8 Å². The van der Waals surface area contributed by atoms with Crippen LogP contribution in [0.25, 0.3) is 0 Å². The average molecular weight is 246 g/mol. The summed E-state index contributed by atoms with van der Waals surface area (Å²) in [4.78, 5) is 2.54. The lowest BCUT2D eigenvalue weighted by molar-refractivity contribution is 0.0657. The molecule has 0 amide bonds. The van der Waals surface area contributed by atoms with Crippen LogP contribution in [0.3, 0.4) is 0 Å². The van der Waals surface area contributed by atoms with Gasteiger partial charge in [-0.05, 0) is 63.4 Å². The second kappa shape index (κ2) is 4.47. The first-order chi connectivity index (χ1) is 8.63. The normalized spacial score (nSPS) is 31.6. The molecule has 2 fully saturated rings. The maximum atomic E-state index is 6.19. The molecule has 1 aromatic rings. The van der Waals surface area contributed by atoms with E-state index >= 15 is 0 Å². The number of anilines is 1. The van der Waals surface area contributed by atoms with Gasteiger partial charge in [0, 0.05) is 17.8 Å².